The number of likely N-dealkylation sites (N-methyl/N-ethyl adjacent to an activating group) is 1. The van der Waals surface area contributed by atoms with Crippen LogP contribution >= 0.6 is 0 Å². The fourth-order valence-electron chi connectivity index (χ4n) is 2.01. The van der Waals surface area contributed by atoms with Crippen LogP contribution in [0.4, 0.5) is 4.79 Å². The van der Waals surface area contributed by atoms with Crippen molar-refractivity contribution in [3.63, 3.8) is 0 Å². The van der Waals surface area contributed by atoms with Crippen molar-refractivity contribution in [2.45, 2.75) is 25.3 Å². The van der Waals surface area contributed by atoms with Crippen molar-refractivity contribution in [3.8, 4) is 0 Å². The second kappa shape index (κ2) is 7.24. The van der Waals surface area contributed by atoms with Gasteiger partial charge in [-0.3, -0.25) is 10.1 Å². The summed E-state index contributed by atoms with van der Waals surface area (Å²) in [6.07, 6.45) is 2.71. The second-order valence-corrected chi connectivity index (χ2v) is 4.31. The molecule has 1 fully saturated rings. The van der Waals surface area contributed by atoms with E-state index >= 15 is 0 Å². The molecule has 0 aromatic carbocycles. The first-order chi connectivity index (χ1) is 8.15. The van der Waals surface area contributed by atoms with Gasteiger partial charge in [0.1, 0.15) is 0 Å². The molecular weight excluding hydrogens is 220 g/mol. The molecule has 3 N–H and O–H groups in total. The zero-order chi connectivity index (χ0) is 12.7. The molecular formula is C11H22N4O2. The van der Waals surface area contributed by atoms with E-state index in [-0.39, 0.29) is 5.91 Å². The van der Waals surface area contributed by atoms with Gasteiger partial charge >= 0.3 is 6.03 Å². The number of hydrogen-bond acceptors (Lipinski definition) is 4. The minimum Gasteiger partial charge on any atom is -0.341 e. The number of imide groups is 1. The molecule has 6 nitrogen and oxygen atoms in total. The molecule has 1 rings (SSSR count). The van der Waals surface area contributed by atoms with Crippen LogP contribution in [-0.2, 0) is 4.79 Å². The van der Waals surface area contributed by atoms with Crippen LogP contribution < -0.4 is 16.0 Å². The molecule has 3 amide bonds. The lowest BCUT2D eigenvalue weighted by molar-refractivity contribution is -0.120. The van der Waals surface area contributed by atoms with Gasteiger partial charge in [-0.25, -0.2) is 4.79 Å². The number of likely N-dealkylation sites (tertiary alicyclic amines) is 1. The van der Waals surface area contributed by atoms with Gasteiger partial charge in [0.15, 0.2) is 0 Å². The molecule has 6 heteroatoms. The Bertz CT molecular complexity index is 270. The smallest absolute Gasteiger partial charge is 0.321 e. The van der Waals surface area contributed by atoms with Crippen LogP contribution in [0.3, 0.4) is 0 Å². The summed E-state index contributed by atoms with van der Waals surface area (Å²) in [7, 11) is 3.46. The summed E-state index contributed by atoms with van der Waals surface area (Å²) in [5.74, 6) is -0.226. The van der Waals surface area contributed by atoms with E-state index in [0.717, 1.165) is 19.5 Å². The van der Waals surface area contributed by atoms with E-state index < -0.39 is 6.03 Å². The third kappa shape index (κ3) is 5.14. The number of hydrogen-bond donors (Lipinski definition) is 3. The highest BCUT2D eigenvalue weighted by atomic mass is 16.2. The van der Waals surface area contributed by atoms with Crippen molar-refractivity contribution >= 4 is 11.9 Å². The molecule has 1 atom stereocenters. The van der Waals surface area contributed by atoms with Gasteiger partial charge in [0, 0.05) is 32.6 Å². The first kappa shape index (κ1) is 13.9. The van der Waals surface area contributed by atoms with E-state index in [1.165, 1.54) is 13.5 Å². The summed E-state index contributed by atoms with van der Waals surface area (Å²) < 4.78 is 0. The van der Waals surface area contributed by atoms with Gasteiger partial charge in [0.25, 0.3) is 0 Å². The van der Waals surface area contributed by atoms with Crippen molar-refractivity contribution in [2.75, 3.05) is 33.7 Å². The van der Waals surface area contributed by atoms with E-state index in [0.29, 0.717) is 19.0 Å². The topological polar surface area (TPSA) is 73.5 Å². The Labute approximate surface area is 102 Å². The number of amides is 3. The van der Waals surface area contributed by atoms with E-state index in [2.05, 4.69) is 20.9 Å². The first-order valence-corrected chi connectivity index (χ1v) is 6.07. The third-order valence-electron chi connectivity index (χ3n) is 3.05. The zero-order valence-electron chi connectivity index (χ0n) is 10.6. The van der Waals surface area contributed by atoms with Crippen LogP contribution in [0, 0.1) is 0 Å². The Kier molecular flexibility index (Phi) is 5.93. The molecule has 17 heavy (non-hydrogen) atoms. The number of carbonyl (C=O) groups excluding carboxylic acids is 2. The van der Waals surface area contributed by atoms with Crippen LogP contribution in [0.15, 0.2) is 0 Å². The van der Waals surface area contributed by atoms with Crippen LogP contribution in [0.1, 0.15) is 19.3 Å². The lowest BCUT2D eigenvalue weighted by Gasteiger charge is -2.32. The standard InChI is InChI=1S/C11H22N4O2/c1-12-9-4-3-6-15(8-9)7-5-10(16)14-11(17)13-2/h9,12H,3-8H2,1-2H3,(H2,13,14,16,17). The summed E-state index contributed by atoms with van der Waals surface area (Å²) in [5, 5.41) is 7.88. The third-order valence-corrected chi connectivity index (χ3v) is 3.05. The highest BCUT2D eigenvalue weighted by Crippen LogP contribution is 2.09. The molecule has 1 aliphatic rings. The van der Waals surface area contributed by atoms with Gasteiger partial charge in [-0.1, -0.05) is 0 Å². The second-order valence-electron chi connectivity index (χ2n) is 4.31. The Morgan fingerprint density at radius 3 is 2.76 bits per heavy atom. The Hall–Kier alpha value is -1.14. The molecule has 1 aliphatic heterocycles. The SMILES string of the molecule is CNC(=O)NC(=O)CCN1CCCC(NC)C1. The fourth-order valence-corrected chi connectivity index (χ4v) is 2.01. The number of rotatable bonds is 4. The molecule has 1 unspecified atom stereocenters. The molecule has 0 bridgehead atoms. The number of nitrogens with one attached hydrogen (secondary N) is 3. The van der Waals surface area contributed by atoms with E-state index in [9.17, 15) is 9.59 Å². The molecule has 0 spiro atoms. The minimum absolute atomic E-state index is 0.226. The summed E-state index contributed by atoms with van der Waals surface area (Å²) in [6.45, 7) is 2.72. The van der Waals surface area contributed by atoms with Crippen molar-refractivity contribution < 1.29 is 9.59 Å². The predicted octanol–water partition coefficient (Wildman–Crippen LogP) is -0.484. The maximum Gasteiger partial charge on any atom is 0.321 e. The van der Waals surface area contributed by atoms with Crippen molar-refractivity contribution in [1.29, 1.82) is 0 Å². The largest absolute Gasteiger partial charge is 0.341 e. The lowest BCUT2D eigenvalue weighted by atomic mass is 10.1. The van der Waals surface area contributed by atoms with Crippen molar-refractivity contribution in [3.05, 3.63) is 0 Å². The molecule has 0 radical (unpaired) electrons. The van der Waals surface area contributed by atoms with Gasteiger partial charge < -0.3 is 15.5 Å². The first-order valence-electron chi connectivity index (χ1n) is 6.07. The Morgan fingerprint density at radius 2 is 2.12 bits per heavy atom. The Morgan fingerprint density at radius 1 is 1.35 bits per heavy atom. The number of urea groups is 1. The summed E-state index contributed by atoms with van der Waals surface area (Å²) >= 11 is 0. The monoisotopic (exact) mass is 242 g/mol. The van der Waals surface area contributed by atoms with E-state index in [1.807, 2.05) is 7.05 Å². The molecule has 0 saturated carbocycles. The fraction of sp³-hybridized carbons (Fsp3) is 0.818. The average Bonchev–Trinajstić information content (AvgIpc) is 2.36. The van der Waals surface area contributed by atoms with Crippen LogP contribution in [0.2, 0.25) is 0 Å². The average molecular weight is 242 g/mol. The van der Waals surface area contributed by atoms with Gasteiger partial charge in [0.2, 0.25) is 5.91 Å². The molecule has 1 heterocycles. The van der Waals surface area contributed by atoms with Crippen LogP contribution in [-0.4, -0.2) is 56.6 Å². The summed E-state index contributed by atoms with van der Waals surface area (Å²) in [4.78, 5) is 24.6. The highest BCUT2D eigenvalue weighted by molar-refractivity contribution is 5.94. The van der Waals surface area contributed by atoms with Gasteiger partial charge in [-0.15, -0.1) is 0 Å². The molecule has 98 valence electrons. The molecule has 1 saturated heterocycles. The normalized spacial score (nSPS) is 20.9. The van der Waals surface area contributed by atoms with Gasteiger partial charge in [0.05, 0.1) is 0 Å². The van der Waals surface area contributed by atoms with Gasteiger partial charge in [-0.05, 0) is 26.4 Å². The quantitative estimate of drug-likeness (QED) is 0.622. The van der Waals surface area contributed by atoms with Crippen LogP contribution in [0.25, 0.3) is 0 Å². The molecule has 0 aromatic rings. The highest BCUT2D eigenvalue weighted by Gasteiger charge is 2.18. The maximum atomic E-state index is 11.4. The summed E-state index contributed by atoms with van der Waals surface area (Å²) in [5.41, 5.74) is 0. The maximum absolute atomic E-state index is 11.4. The van der Waals surface area contributed by atoms with Crippen LogP contribution in [0.5, 0.6) is 0 Å². The minimum atomic E-state index is -0.443. The van der Waals surface area contributed by atoms with E-state index in [4.69, 9.17) is 0 Å². The van der Waals surface area contributed by atoms with E-state index in [1.54, 1.807) is 0 Å². The number of carbonyl (C=O) groups is 2. The lowest BCUT2D eigenvalue weighted by Crippen LogP contribution is -2.46. The number of piperidine rings is 1. The molecule has 0 aliphatic carbocycles. The number of nitrogens with zero attached hydrogens (tertiary/aromatic N) is 1. The predicted molar refractivity (Wildman–Crippen MR) is 65.7 cm³/mol. The van der Waals surface area contributed by atoms with Gasteiger partial charge in [-0.2, -0.15) is 0 Å². The Balaban J connectivity index is 2.21. The van der Waals surface area contributed by atoms with Crippen molar-refractivity contribution in [2.24, 2.45) is 0 Å². The summed E-state index contributed by atoms with van der Waals surface area (Å²) in [6, 6.07) is 0.0764. The zero-order valence-corrected chi connectivity index (χ0v) is 10.6. The van der Waals surface area contributed by atoms with Crippen molar-refractivity contribution in [1.82, 2.24) is 20.9 Å². The molecule has 0 aromatic heterocycles.